The molecule has 0 aliphatic heterocycles. The van der Waals surface area contributed by atoms with Crippen LogP contribution in [-0.2, 0) is 0 Å². The summed E-state index contributed by atoms with van der Waals surface area (Å²) in [5, 5.41) is 4.84. The van der Waals surface area contributed by atoms with Gasteiger partial charge in [0.1, 0.15) is 5.52 Å². The van der Waals surface area contributed by atoms with E-state index in [1.54, 1.807) is 0 Å². The van der Waals surface area contributed by atoms with Crippen molar-refractivity contribution in [2.45, 2.75) is 0 Å². The fraction of sp³-hybridized carbons (Fsp3) is 0. The fourth-order valence-corrected chi connectivity index (χ4v) is 7.20. The molecule has 0 saturated heterocycles. The third-order valence-corrected chi connectivity index (χ3v) is 9.34. The van der Waals surface area contributed by atoms with Crippen molar-refractivity contribution in [1.82, 2.24) is 14.1 Å². The monoisotopic (exact) mass is 601 g/mol. The van der Waals surface area contributed by atoms with Crippen LogP contribution < -0.4 is 0 Å². The molecule has 10 aromatic rings. The van der Waals surface area contributed by atoms with E-state index in [0.717, 1.165) is 44.7 Å². The van der Waals surface area contributed by atoms with Crippen molar-refractivity contribution in [3.63, 3.8) is 0 Å². The van der Waals surface area contributed by atoms with E-state index in [9.17, 15) is 0 Å². The van der Waals surface area contributed by atoms with Crippen molar-refractivity contribution >= 4 is 54.7 Å². The number of hydrogen-bond acceptors (Lipinski definition) is 2. The minimum atomic E-state index is 0.622. The molecule has 0 atom stereocenters. The van der Waals surface area contributed by atoms with Crippen LogP contribution in [0.4, 0.5) is 0 Å². The lowest BCUT2D eigenvalue weighted by atomic mass is 10.0. The first-order valence-electron chi connectivity index (χ1n) is 15.9. The number of hydrogen-bond donors (Lipinski definition) is 0. The first-order chi connectivity index (χ1) is 23.3. The Balaban J connectivity index is 1.08. The van der Waals surface area contributed by atoms with Gasteiger partial charge in [-0.25, -0.2) is 4.98 Å². The van der Waals surface area contributed by atoms with Gasteiger partial charge < -0.3 is 13.6 Å². The maximum Gasteiger partial charge on any atom is 0.227 e. The van der Waals surface area contributed by atoms with Crippen molar-refractivity contribution in [2.75, 3.05) is 0 Å². The van der Waals surface area contributed by atoms with E-state index in [0.29, 0.717) is 5.89 Å². The van der Waals surface area contributed by atoms with Crippen LogP contribution in [0.15, 0.2) is 168 Å². The second-order valence-electron chi connectivity index (χ2n) is 12.0. The van der Waals surface area contributed by atoms with Crippen LogP contribution in [-0.4, -0.2) is 14.1 Å². The van der Waals surface area contributed by atoms with Crippen LogP contribution in [0.1, 0.15) is 0 Å². The highest BCUT2D eigenvalue weighted by molar-refractivity contribution is 6.11. The summed E-state index contributed by atoms with van der Waals surface area (Å²) in [7, 11) is 0. The van der Waals surface area contributed by atoms with E-state index in [4.69, 9.17) is 9.40 Å². The summed E-state index contributed by atoms with van der Waals surface area (Å²) in [5.41, 5.74) is 11.9. The molecular weight excluding hydrogens is 574 g/mol. The minimum absolute atomic E-state index is 0.622. The lowest BCUT2D eigenvalue weighted by molar-refractivity contribution is 0.620. The Morgan fingerprint density at radius 2 is 0.851 bits per heavy atom. The second-order valence-corrected chi connectivity index (χ2v) is 12.0. The maximum atomic E-state index is 6.36. The zero-order valence-corrected chi connectivity index (χ0v) is 25.3. The Kier molecular flexibility index (Phi) is 5.54. The van der Waals surface area contributed by atoms with Crippen molar-refractivity contribution < 1.29 is 4.42 Å². The molecule has 0 amide bonds. The number of nitrogens with zero attached hydrogens (tertiary/aromatic N) is 3. The van der Waals surface area contributed by atoms with E-state index in [1.807, 2.05) is 6.07 Å². The van der Waals surface area contributed by atoms with Gasteiger partial charge in [-0.3, -0.25) is 0 Å². The van der Waals surface area contributed by atoms with Crippen LogP contribution in [0.2, 0.25) is 0 Å². The van der Waals surface area contributed by atoms with Gasteiger partial charge in [0.15, 0.2) is 5.58 Å². The number of fused-ring (bicyclic) bond motifs is 7. The number of para-hydroxylation sites is 4. The molecular formula is C43H27N3O. The zero-order chi connectivity index (χ0) is 30.9. The van der Waals surface area contributed by atoms with E-state index < -0.39 is 0 Å². The molecule has 4 heteroatoms. The predicted octanol–water partition coefficient (Wildman–Crippen LogP) is 11.4. The van der Waals surface area contributed by atoms with Gasteiger partial charge in [-0.1, -0.05) is 84.9 Å². The molecule has 0 bridgehead atoms. The quantitative estimate of drug-likeness (QED) is 0.201. The van der Waals surface area contributed by atoms with E-state index >= 15 is 0 Å². The van der Waals surface area contributed by atoms with Gasteiger partial charge in [-0.2, -0.15) is 0 Å². The van der Waals surface area contributed by atoms with Crippen molar-refractivity contribution in [3.05, 3.63) is 164 Å². The largest absolute Gasteiger partial charge is 0.436 e. The molecule has 0 aliphatic rings. The third kappa shape index (κ3) is 3.98. The molecule has 0 radical (unpaired) electrons. The molecule has 220 valence electrons. The maximum absolute atomic E-state index is 6.36. The van der Waals surface area contributed by atoms with Gasteiger partial charge in [0.05, 0.1) is 22.1 Å². The molecule has 7 aromatic carbocycles. The molecule has 0 fully saturated rings. The van der Waals surface area contributed by atoms with Gasteiger partial charge >= 0.3 is 0 Å². The summed E-state index contributed by atoms with van der Waals surface area (Å²) in [5.74, 6) is 0.622. The highest BCUT2D eigenvalue weighted by atomic mass is 16.3. The van der Waals surface area contributed by atoms with Crippen LogP contribution in [0.5, 0.6) is 0 Å². The lowest BCUT2D eigenvalue weighted by Crippen LogP contribution is -1.92. The molecule has 3 aromatic heterocycles. The zero-order valence-electron chi connectivity index (χ0n) is 25.3. The SMILES string of the molecule is c1ccc(-n2c3ccccc3c3cc(-c4ccc5oc(-c6ccc7c(c6)c6ccccc6n7-c6ccccc6)nc5c4)ccc32)cc1. The molecule has 10 rings (SSSR count). The van der Waals surface area contributed by atoms with Gasteiger partial charge in [0.25, 0.3) is 0 Å². The Morgan fingerprint density at radius 3 is 1.47 bits per heavy atom. The minimum Gasteiger partial charge on any atom is -0.436 e. The predicted molar refractivity (Wildman–Crippen MR) is 194 cm³/mol. The lowest BCUT2D eigenvalue weighted by Gasteiger charge is -2.08. The summed E-state index contributed by atoms with van der Waals surface area (Å²) in [6, 6.07) is 57.8. The van der Waals surface area contributed by atoms with Gasteiger partial charge in [0, 0.05) is 38.5 Å². The van der Waals surface area contributed by atoms with Crippen molar-refractivity contribution in [1.29, 1.82) is 0 Å². The normalized spacial score (nSPS) is 11.8. The number of rotatable bonds is 4. The number of aromatic nitrogens is 3. The van der Waals surface area contributed by atoms with Crippen LogP contribution in [0.3, 0.4) is 0 Å². The highest BCUT2D eigenvalue weighted by Gasteiger charge is 2.17. The van der Waals surface area contributed by atoms with Gasteiger partial charge in [-0.15, -0.1) is 0 Å². The molecule has 0 saturated carbocycles. The van der Waals surface area contributed by atoms with Crippen LogP contribution in [0, 0.1) is 0 Å². The Morgan fingerprint density at radius 1 is 0.383 bits per heavy atom. The number of benzene rings is 7. The van der Waals surface area contributed by atoms with E-state index in [2.05, 4.69) is 167 Å². The Labute approximate surface area is 270 Å². The van der Waals surface area contributed by atoms with E-state index in [-0.39, 0.29) is 0 Å². The molecule has 47 heavy (non-hydrogen) atoms. The van der Waals surface area contributed by atoms with Gasteiger partial charge in [0.2, 0.25) is 5.89 Å². The molecule has 3 heterocycles. The van der Waals surface area contributed by atoms with Crippen LogP contribution >= 0.6 is 0 Å². The highest BCUT2D eigenvalue weighted by Crippen LogP contribution is 2.38. The average Bonchev–Trinajstić information content (AvgIpc) is 3.82. The molecule has 0 N–H and O–H groups in total. The van der Waals surface area contributed by atoms with Crippen molar-refractivity contribution in [3.8, 4) is 34.0 Å². The summed E-state index contributed by atoms with van der Waals surface area (Å²) < 4.78 is 11.0. The second kappa shape index (κ2) is 10.1. The van der Waals surface area contributed by atoms with Gasteiger partial charge in [-0.05, 0) is 90.0 Å². The summed E-state index contributed by atoms with van der Waals surface area (Å²) in [6.07, 6.45) is 0. The molecule has 0 spiro atoms. The number of oxazole rings is 1. The third-order valence-electron chi connectivity index (χ3n) is 9.34. The van der Waals surface area contributed by atoms with E-state index in [1.165, 1.54) is 38.1 Å². The fourth-order valence-electron chi connectivity index (χ4n) is 7.20. The van der Waals surface area contributed by atoms with Crippen LogP contribution in [0.25, 0.3) is 88.7 Å². The Bertz CT molecular complexity index is 2630. The summed E-state index contributed by atoms with van der Waals surface area (Å²) in [4.78, 5) is 5.00. The standard InChI is InChI=1S/C43H27N3O/c1-3-11-31(12-4-1)45-38-17-9-7-15-33(38)35-25-28(19-22-40(35)45)29-21-24-42-37(27-29)44-43(47-42)30-20-23-41-36(26-30)34-16-8-10-18-39(34)46(41)32-13-5-2-6-14-32/h1-27H. The molecule has 0 unspecified atom stereocenters. The first kappa shape index (κ1) is 25.9. The molecule has 4 nitrogen and oxygen atoms in total. The smallest absolute Gasteiger partial charge is 0.227 e. The Hall–Kier alpha value is -6.39. The molecule has 0 aliphatic carbocycles. The average molecular weight is 602 g/mol. The summed E-state index contributed by atoms with van der Waals surface area (Å²) >= 11 is 0. The summed E-state index contributed by atoms with van der Waals surface area (Å²) in [6.45, 7) is 0. The topological polar surface area (TPSA) is 35.9 Å². The first-order valence-corrected chi connectivity index (χ1v) is 15.9. The van der Waals surface area contributed by atoms with Crippen molar-refractivity contribution in [2.24, 2.45) is 0 Å².